The summed E-state index contributed by atoms with van der Waals surface area (Å²) >= 11 is 7.38. The van der Waals surface area contributed by atoms with Gasteiger partial charge in [0, 0.05) is 28.2 Å². The maximum atomic E-state index is 12.7. The first-order valence-electron chi connectivity index (χ1n) is 8.99. The Morgan fingerprint density at radius 3 is 2.74 bits per heavy atom. The lowest BCUT2D eigenvalue weighted by Gasteiger charge is -2.19. The van der Waals surface area contributed by atoms with Crippen LogP contribution in [0.5, 0.6) is 0 Å². The molecule has 0 radical (unpaired) electrons. The molecule has 2 heterocycles. The molecule has 0 aliphatic rings. The SMILES string of the molecule is CC(CCCC(C)(C)O)NC(=O)c1csc2nc(-c3ccc(Cl)cc3)cn12. The molecule has 1 unspecified atom stereocenters. The van der Waals surface area contributed by atoms with Gasteiger partial charge in [0.15, 0.2) is 4.96 Å². The van der Waals surface area contributed by atoms with Crippen LogP contribution >= 0.6 is 22.9 Å². The number of nitrogens with zero attached hydrogens (tertiary/aromatic N) is 2. The van der Waals surface area contributed by atoms with Crippen molar-refractivity contribution in [2.45, 2.75) is 51.7 Å². The van der Waals surface area contributed by atoms with Crippen molar-refractivity contribution in [2.24, 2.45) is 0 Å². The molecule has 2 aromatic heterocycles. The molecule has 0 spiro atoms. The zero-order chi connectivity index (χ0) is 19.6. The normalized spacial score (nSPS) is 13.1. The Balaban J connectivity index is 1.69. The average molecular weight is 406 g/mol. The summed E-state index contributed by atoms with van der Waals surface area (Å²) in [5, 5.41) is 15.3. The van der Waals surface area contributed by atoms with Crippen LogP contribution in [0.15, 0.2) is 35.8 Å². The van der Waals surface area contributed by atoms with Gasteiger partial charge in [0.2, 0.25) is 0 Å². The highest BCUT2D eigenvalue weighted by molar-refractivity contribution is 7.15. The molecule has 0 saturated carbocycles. The van der Waals surface area contributed by atoms with Gasteiger partial charge in [-0.1, -0.05) is 23.7 Å². The van der Waals surface area contributed by atoms with E-state index in [9.17, 15) is 9.90 Å². The van der Waals surface area contributed by atoms with Gasteiger partial charge in [-0.05, 0) is 52.2 Å². The van der Waals surface area contributed by atoms with Crippen molar-refractivity contribution in [2.75, 3.05) is 0 Å². The third-order valence-electron chi connectivity index (χ3n) is 4.38. The zero-order valence-electron chi connectivity index (χ0n) is 15.7. The Kier molecular flexibility index (Phi) is 5.89. The molecule has 1 aromatic carbocycles. The van der Waals surface area contributed by atoms with Gasteiger partial charge in [-0.2, -0.15) is 0 Å². The number of hydrogen-bond donors (Lipinski definition) is 2. The van der Waals surface area contributed by atoms with Crippen LogP contribution in [-0.4, -0.2) is 32.0 Å². The Morgan fingerprint density at radius 1 is 1.37 bits per heavy atom. The summed E-state index contributed by atoms with van der Waals surface area (Å²) in [6.07, 6.45) is 4.27. The molecule has 3 rings (SSSR count). The fourth-order valence-corrected chi connectivity index (χ4v) is 3.90. The number of aromatic nitrogens is 2. The van der Waals surface area contributed by atoms with E-state index in [-0.39, 0.29) is 11.9 Å². The first-order chi connectivity index (χ1) is 12.7. The van der Waals surface area contributed by atoms with Crippen molar-refractivity contribution in [3.8, 4) is 11.3 Å². The van der Waals surface area contributed by atoms with Gasteiger partial charge < -0.3 is 10.4 Å². The summed E-state index contributed by atoms with van der Waals surface area (Å²) in [6, 6.07) is 7.52. The van der Waals surface area contributed by atoms with Crippen LogP contribution in [0.1, 0.15) is 50.5 Å². The first kappa shape index (κ1) is 19.9. The molecule has 3 aromatic rings. The Hall–Kier alpha value is -1.89. The van der Waals surface area contributed by atoms with Crippen LogP contribution in [0, 0.1) is 0 Å². The lowest BCUT2D eigenvalue weighted by molar-refractivity contribution is 0.0674. The number of aliphatic hydroxyl groups is 1. The van der Waals surface area contributed by atoms with Crippen LogP contribution in [0.3, 0.4) is 0 Å². The number of halogens is 1. The van der Waals surface area contributed by atoms with E-state index < -0.39 is 5.60 Å². The number of carbonyl (C=O) groups excluding carboxylic acids is 1. The molecule has 7 heteroatoms. The number of thiazole rings is 1. The van der Waals surface area contributed by atoms with Crippen molar-refractivity contribution in [3.63, 3.8) is 0 Å². The number of benzene rings is 1. The highest BCUT2D eigenvalue weighted by atomic mass is 35.5. The number of fused-ring (bicyclic) bond motifs is 1. The second-order valence-corrected chi connectivity index (χ2v) is 8.76. The highest BCUT2D eigenvalue weighted by Crippen LogP contribution is 2.25. The van der Waals surface area contributed by atoms with Crippen molar-refractivity contribution in [3.05, 3.63) is 46.6 Å². The monoisotopic (exact) mass is 405 g/mol. The summed E-state index contributed by atoms with van der Waals surface area (Å²) in [7, 11) is 0. The van der Waals surface area contributed by atoms with Gasteiger partial charge in [0.1, 0.15) is 5.69 Å². The van der Waals surface area contributed by atoms with Crippen molar-refractivity contribution in [1.82, 2.24) is 14.7 Å². The van der Waals surface area contributed by atoms with E-state index in [2.05, 4.69) is 10.3 Å². The molecule has 5 nitrogen and oxygen atoms in total. The van der Waals surface area contributed by atoms with Gasteiger partial charge in [-0.15, -0.1) is 11.3 Å². The topological polar surface area (TPSA) is 66.6 Å². The summed E-state index contributed by atoms with van der Waals surface area (Å²) in [5.74, 6) is -0.114. The number of hydrogen-bond acceptors (Lipinski definition) is 4. The zero-order valence-corrected chi connectivity index (χ0v) is 17.3. The molecule has 0 fully saturated rings. The van der Waals surface area contributed by atoms with Crippen molar-refractivity contribution in [1.29, 1.82) is 0 Å². The maximum Gasteiger partial charge on any atom is 0.269 e. The average Bonchev–Trinajstić information content (AvgIpc) is 3.14. The molecule has 1 atom stereocenters. The van der Waals surface area contributed by atoms with E-state index >= 15 is 0 Å². The van der Waals surface area contributed by atoms with Crippen LogP contribution in [0.2, 0.25) is 5.02 Å². The molecular weight excluding hydrogens is 382 g/mol. The van der Waals surface area contributed by atoms with Gasteiger partial charge in [-0.3, -0.25) is 9.20 Å². The van der Waals surface area contributed by atoms with Gasteiger partial charge in [-0.25, -0.2) is 4.98 Å². The second kappa shape index (κ2) is 8.00. The highest BCUT2D eigenvalue weighted by Gasteiger charge is 2.18. The molecular formula is C20H24ClN3O2S. The molecule has 0 aliphatic heterocycles. The van der Waals surface area contributed by atoms with E-state index in [0.717, 1.165) is 29.1 Å². The predicted octanol–water partition coefficient (Wildman–Crippen LogP) is 4.78. The number of amides is 1. The molecule has 0 bridgehead atoms. The number of carbonyl (C=O) groups is 1. The van der Waals surface area contributed by atoms with Crippen LogP contribution in [0.25, 0.3) is 16.2 Å². The van der Waals surface area contributed by atoms with Gasteiger partial charge in [0.25, 0.3) is 5.91 Å². The minimum absolute atomic E-state index is 0.0362. The smallest absolute Gasteiger partial charge is 0.269 e. The lowest BCUT2D eigenvalue weighted by atomic mass is 10.00. The van der Waals surface area contributed by atoms with E-state index in [0.29, 0.717) is 17.1 Å². The Morgan fingerprint density at radius 2 is 2.07 bits per heavy atom. The summed E-state index contributed by atoms with van der Waals surface area (Å²) in [5.41, 5.74) is 1.68. The third kappa shape index (κ3) is 5.09. The second-order valence-electron chi connectivity index (χ2n) is 7.49. The van der Waals surface area contributed by atoms with Gasteiger partial charge in [0.05, 0.1) is 11.3 Å². The standard InChI is InChI=1S/C20H24ClN3O2S/c1-13(5-4-10-20(2,3)26)22-18(25)17-12-27-19-23-16(11-24(17)19)14-6-8-15(21)9-7-14/h6-9,11-13,26H,4-5,10H2,1-3H3,(H,22,25). The number of imidazole rings is 1. The summed E-state index contributed by atoms with van der Waals surface area (Å²) < 4.78 is 1.83. The Labute approximate surface area is 168 Å². The van der Waals surface area contributed by atoms with Crippen molar-refractivity contribution < 1.29 is 9.90 Å². The van der Waals surface area contributed by atoms with E-state index in [1.54, 1.807) is 13.8 Å². The molecule has 2 N–H and O–H groups in total. The number of rotatable bonds is 7. The van der Waals surface area contributed by atoms with Crippen LogP contribution < -0.4 is 5.32 Å². The lowest BCUT2D eigenvalue weighted by Crippen LogP contribution is -2.33. The molecule has 1 amide bonds. The minimum atomic E-state index is -0.669. The molecule has 27 heavy (non-hydrogen) atoms. The fraction of sp³-hybridized carbons (Fsp3) is 0.400. The minimum Gasteiger partial charge on any atom is -0.390 e. The van der Waals surface area contributed by atoms with E-state index in [4.69, 9.17) is 11.6 Å². The maximum absolute atomic E-state index is 12.7. The van der Waals surface area contributed by atoms with Crippen molar-refractivity contribution >= 4 is 33.8 Å². The molecule has 144 valence electrons. The largest absolute Gasteiger partial charge is 0.390 e. The van der Waals surface area contributed by atoms with Crippen LogP contribution in [0.4, 0.5) is 0 Å². The fourth-order valence-electron chi connectivity index (χ4n) is 2.92. The predicted molar refractivity (Wildman–Crippen MR) is 111 cm³/mol. The molecule has 0 saturated heterocycles. The summed E-state index contributed by atoms with van der Waals surface area (Å²) in [4.78, 5) is 18.0. The van der Waals surface area contributed by atoms with Crippen LogP contribution in [-0.2, 0) is 0 Å². The number of nitrogens with one attached hydrogen (secondary N) is 1. The Bertz CT molecular complexity index is 925. The first-order valence-corrected chi connectivity index (χ1v) is 10.2. The summed E-state index contributed by atoms with van der Waals surface area (Å²) in [6.45, 7) is 5.59. The quantitative estimate of drug-likeness (QED) is 0.594. The van der Waals surface area contributed by atoms with E-state index in [1.165, 1.54) is 11.3 Å². The third-order valence-corrected chi connectivity index (χ3v) is 5.48. The molecule has 0 aliphatic carbocycles. The van der Waals surface area contributed by atoms with Gasteiger partial charge >= 0.3 is 0 Å². The van der Waals surface area contributed by atoms with E-state index in [1.807, 2.05) is 47.2 Å².